The van der Waals surface area contributed by atoms with Crippen LogP contribution in [0.4, 0.5) is 37.7 Å². The molecule has 15 nitrogen and oxygen atoms in total. The highest BCUT2D eigenvalue weighted by molar-refractivity contribution is 7.81. The molecule has 23 heteroatoms. The molecule has 3 N–H and O–H groups in total. The summed E-state index contributed by atoms with van der Waals surface area (Å²) in [6.07, 6.45) is -4.27. The summed E-state index contributed by atoms with van der Waals surface area (Å²) in [4.78, 5) is 66.4. The number of unbranched alkanes of at least 4 members (excludes halogenated alkanes) is 1. The third-order valence-corrected chi connectivity index (χ3v) is 14.0. The number of anilines is 2. The highest BCUT2D eigenvalue weighted by atomic mass is 32.1. The number of carbonyl (C=O) groups is 4. The first-order chi connectivity index (χ1) is 35.3. The number of thiocarbonyl (C=S) groups is 1. The molecule has 0 aliphatic carbocycles. The maximum Gasteiger partial charge on any atom is 0.420 e. The van der Waals surface area contributed by atoms with E-state index in [-0.39, 0.29) is 56.3 Å². The highest BCUT2D eigenvalue weighted by Crippen LogP contribution is 2.42. The molecule has 0 unspecified atom stereocenters. The Kier molecular flexibility index (Phi) is 16.7. The molecule has 2 aliphatic rings. The predicted octanol–water partition coefficient (Wildman–Crippen LogP) is 8.39. The summed E-state index contributed by atoms with van der Waals surface area (Å²) in [6.45, 7) is 9.88. The number of nitriles is 1. The number of β-amino-alcohol motifs (C(OH)–C–C–N with tert-alkyl or cyclic N) is 1. The van der Waals surface area contributed by atoms with Crippen LogP contribution in [0.15, 0.2) is 72.4 Å². The van der Waals surface area contributed by atoms with Crippen LogP contribution in [0.1, 0.15) is 76.3 Å². The van der Waals surface area contributed by atoms with Gasteiger partial charge in [0.2, 0.25) is 17.7 Å². The van der Waals surface area contributed by atoms with E-state index in [4.69, 9.17) is 27.0 Å². The van der Waals surface area contributed by atoms with Gasteiger partial charge in [-0.05, 0) is 86.6 Å². The van der Waals surface area contributed by atoms with E-state index in [1.165, 1.54) is 48.3 Å². The number of aryl methyl sites for hydroxylation is 1. The maximum atomic E-state index is 15.8. The minimum atomic E-state index is -5.28. The summed E-state index contributed by atoms with van der Waals surface area (Å²) in [5.74, 6) is -6.22. The van der Waals surface area contributed by atoms with Gasteiger partial charge in [0.15, 0.2) is 16.7 Å². The molecular formula is C52H52F6N8O7S2. The molecule has 0 saturated carbocycles. The molecule has 2 saturated heterocycles. The Labute approximate surface area is 437 Å². The van der Waals surface area contributed by atoms with Crippen LogP contribution in [0.5, 0.6) is 5.75 Å². The maximum absolute atomic E-state index is 15.8. The number of hydrogen-bond donors (Lipinski definition) is 3. The Bertz CT molecular complexity index is 3050. The van der Waals surface area contributed by atoms with Crippen molar-refractivity contribution < 1.29 is 60.1 Å². The number of amides is 4. The summed E-state index contributed by atoms with van der Waals surface area (Å²) >= 11 is 6.96. The smallest absolute Gasteiger partial charge is 0.420 e. The van der Waals surface area contributed by atoms with Crippen LogP contribution < -0.4 is 25.2 Å². The molecule has 2 fully saturated rings. The van der Waals surface area contributed by atoms with Crippen LogP contribution in [0.2, 0.25) is 0 Å². The zero-order valence-electron chi connectivity index (χ0n) is 41.5. The summed E-state index contributed by atoms with van der Waals surface area (Å²) < 4.78 is 99.2. The second kappa shape index (κ2) is 22.5. The molecule has 75 heavy (non-hydrogen) atoms. The van der Waals surface area contributed by atoms with Gasteiger partial charge in [0.25, 0.3) is 5.91 Å². The fourth-order valence-electron chi connectivity index (χ4n) is 8.72. The number of nitrogens with zero attached hydrogens (tertiary/aromatic N) is 6. The molecule has 2 aliphatic heterocycles. The van der Waals surface area contributed by atoms with Gasteiger partial charge in [-0.15, -0.1) is 11.3 Å². The summed E-state index contributed by atoms with van der Waals surface area (Å²) in [5, 5.41) is 24.8. The molecule has 396 valence electrons. The number of aromatic nitrogens is 2. The van der Waals surface area contributed by atoms with Crippen molar-refractivity contribution in [1.29, 1.82) is 5.26 Å². The third-order valence-electron chi connectivity index (χ3n) is 12.6. The van der Waals surface area contributed by atoms with Crippen molar-refractivity contribution in [3.05, 3.63) is 112 Å². The van der Waals surface area contributed by atoms with Crippen LogP contribution in [0, 0.1) is 41.1 Å². The fraction of sp³-hybridized carbons (Fsp3) is 0.385. The number of rotatable bonds is 17. The highest BCUT2D eigenvalue weighted by Gasteiger charge is 2.52. The number of ether oxygens (including phenoxy) is 2. The second-order valence-electron chi connectivity index (χ2n) is 19.5. The van der Waals surface area contributed by atoms with Crippen LogP contribution in [0.3, 0.4) is 0 Å². The lowest BCUT2D eigenvalue weighted by atomic mass is 9.85. The molecule has 4 amide bonds. The van der Waals surface area contributed by atoms with Gasteiger partial charge in [0.1, 0.15) is 47.1 Å². The molecule has 4 heterocycles. The van der Waals surface area contributed by atoms with Gasteiger partial charge in [-0.1, -0.05) is 45.0 Å². The van der Waals surface area contributed by atoms with Crippen molar-refractivity contribution in [2.75, 3.05) is 36.2 Å². The standard InChI is InChI=1S/C52H52F6N8O7S2/c1-28-44(75-27-62-28)30-11-9-29(10-12-30)23-61-46(69)39-20-33(67)25-64(39)47(70)45(50(2,3)4)63-40(68)26-72-17-7-8-18-73-34-14-15-35(36(53)21-34)43-37(54)19-32(24-60-43)66-49(74)65(48(71)51(66,5)6)38-16-13-31(22-59)41(42(38)55)52(56,57)58/h9-16,19,21,24,27,33,39,45,67H,7-8,17-18,20,23,25-26H2,1-6H3,(H,61,69)(H,63,68)/t33-,39+,45-/m1/s1. The zero-order chi connectivity index (χ0) is 54.7. The lowest BCUT2D eigenvalue weighted by Crippen LogP contribution is -2.58. The Morgan fingerprint density at radius 1 is 1.00 bits per heavy atom. The number of aliphatic hydroxyl groups excluding tert-OH is 1. The van der Waals surface area contributed by atoms with Crippen LogP contribution in [0.25, 0.3) is 21.7 Å². The molecule has 0 spiro atoms. The first-order valence-electron chi connectivity index (χ1n) is 23.5. The lowest BCUT2D eigenvalue weighted by molar-refractivity contribution is -0.144. The van der Waals surface area contributed by atoms with Crippen LogP contribution in [-0.2, 0) is 36.6 Å². The topological polar surface area (TPSA) is 190 Å². The van der Waals surface area contributed by atoms with Crippen molar-refractivity contribution in [3.8, 4) is 33.5 Å². The van der Waals surface area contributed by atoms with Gasteiger partial charge >= 0.3 is 6.18 Å². The number of pyridine rings is 1. The lowest BCUT2D eigenvalue weighted by Gasteiger charge is -2.35. The van der Waals surface area contributed by atoms with Gasteiger partial charge in [0, 0.05) is 43.8 Å². The second-order valence-corrected chi connectivity index (χ2v) is 20.7. The third kappa shape index (κ3) is 12.1. The Morgan fingerprint density at radius 2 is 1.71 bits per heavy atom. The molecular weight excluding hydrogens is 1030 g/mol. The van der Waals surface area contributed by atoms with Gasteiger partial charge < -0.3 is 35.0 Å². The number of carbonyl (C=O) groups excluding carboxylic acids is 4. The van der Waals surface area contributed by atoms with E-state index in [2.05, 4.69) is 20.6 Å². The van der Waals surface area contributed by atoms with E-state index in [1.807, 2.05) is 31.2 Å². The van der Waals surface area contributed by atoms with E-state index in [0.29, 0.717) is 23.8 Å². The Hall–Kier alpha value is -7.00. The first kappa shape index (κ1) is 55.7. The molecule has 3 atom stereocenters. The van der Waals surface area contributed by atoms with Crippen LogP contribution in [-0.4, -0.2) is 98.8 Å². The van der Waals surface area contributed by atoms with Gasteiger partial charge in [0.05, 0.1) is 58.0 Å². The number of benzene rings is 3. The molecule has 7 rings (SSSR count). The monoisotopic (exact) mass is 1080 g/mol. The average molecular weight is 1080 g/mol. The van der Waals surface area contributed by atoms with Crippen molar-refractivity contribution in [2.24, 2.45) is 5.41 Å². The normalized spacial score (nSPS) is 17.0. The van der Waals surface area contributed by atoms with Gasteiger partial charge in [-0.25, -0.2) is 18.2 Å². The number of hydrogen-bond acceptors (Lipinski definition) is 12. The minimum absolute atomic E-state index is 0.0355. The molecule has 2 aromatic heterocycles. The number of aliphatic hydroxyl groups is 1. The van der Waals surface area contributed by atoms with Gasteiger partial charge in [-0.3, -0.25) is 29.1 Å². The van der Waals surface area contributed by atoms with Crippen molar-refractivity contribution in [3.63, 3.8) is 0 Å². The SMILES string of the molecule is Cc1ncsc1-c1ccc(CNC(=O)[C@@H]2C[C@@H](O)CN2C(=O)[C@@H](NC(=O)COCCCCOc2ccc(-c3ncc(N4C(=S)N(c5ccc(C#N)c(C(F)(F)F)c5F)C(=O)C4(C)C)cc3F)c(F)c2)C(C)(C)C)cc1. The first-order valence-corrected chi connectivity index (χ1v) is 24.8. The molecule has 5 aromatic rings. The van der Waals surface area contributed by atoms with Crippen molar-refractivity contribution in [1.82, 2.24) is 25.5 Å². The number of halogens is 6. The number of alkyl halides is 3. The summed E-state index contributed by atoms with van der Waals surface area (Å²) in [5.41, 5.74) is -2.49. The van der Waals surface area contributed by atoms with E-state index in [9.17, 15) is 37.5 Å². The molecule has 0 radical (unpaired) electrons. The Balaban J connectivity index is 0.874. The number of likely N-dealkylation sites (tertiary alicyclic amines) is 1. The van der Waals surface area contributed by atoms with E-state index in [0.717, 1.165) is 51.0 Å². The van der Waals surface area contributed by atoms with Crippen LogP contribution >= 0.6 is 23.6 Å². The minimum Gasteiger partial charge on any atom is -0.493 e. The zero-order valence-corrected chi connectivity index (χ0v) is 43.1. The Morgan fingerprint density at radius 3 is 2.33 bits per heavy atom. The molecule has 0 bridgehead atoms. The van der Waals surface area contributed by atoms with Gasteiger partial charge in [-0.2, -0.15) is 18.4 Å². The van der Waals surface area contributed by atoms with E-state index < -0.39 is 104 Å². The molecule has 3 aromatic carbocycles. The van der Waals surface area contributed by atoms with Crippen molar-refractivity contribution >= 4 is 63.7 Å². The fourth-order valence-corrected chi connectivity index (χ4v) is 10.0. The number of thiazole rings is 1. The van der Waals surface area contributed by atoms with E-state index >= 15 is 13.2 Å². The summed E-state index contributed by atoms with van der Waals surface area (Å²) in [7, 11) is 0. The largest absolute Gasteiger partial charge is 0.493 e. The summed E-state index contributed by atoms with van der Waals surface area (Å²) in [6, 6.07) is 13.1. The van der Waals surface area contributed by atoms with Crippen molar-refractivity contribution in [2.45, 2.75) is 97.3 Å². The predicted molar refractivity (Wildman–Crippen MR) is 270 cm³/mol. The number of nitrogens with one attached hydrogen (secondary N) is 2. The quantitative estimate of drug-likeness (QED) is 0.0459. The van der Waals surface area contributed by atoms with E-state index in [1.54, 1.807) is 26.3 Å². The average Bonchev–Trinajstić information content (AvgIpc) is 4.01.